The second-order valence-corrected chi connectivity index (χ2v) is 7.11. The smallest absolute Gasteiger partial charge is 0.177 e. The number of hydrogen-bond donors (Lipinski definition) is 1. The molecule has 4 nitrogen and oxygen atoms in total. The minimum atomic E-state index is -3.31. The van der Waals surface area contributed by atoms with Crippen LogP contribution in [0, 0.1) is 0 Å². The highest BCUT2D eigenvalue weighted by Crippen LogP contribution is 2.34. The van der Waals surface area contributed by atoms with Crippen LogP contribution in [0.15, 0.2) is 41.6 Å². The summed E-state index contributed by atoms with van der Waals surface area (Å²) in [5, 5.41) is 3.60. The van der Waals surface area contributed by atoms with E-state index in [1.807, 2.05) is 0 Å². The van der Waals surface area contributed by atoms with Gasteiger partial charge in [-0.2, -0.15) is 0 Å². The molecular weight excluding hydrogens is 284 g/mol. The van der Waals surface area contributed by atoms with Crippen LogP contribution in [-0.2, 0) is 15.4 Å². The van der Waals surface area contributed by atoms with Crippen molar-refractivity contribution in [3.05, 3.63) is 52.3 Å². The van der Waals surface area contributed by atoms with Crippen molar-refractivity contribution >= 4 is 21.4 Å². The second-order valence-electron chi connectivity index (χ2n) is 4.42. The Kier molecular flexibility index (Phi) is 3.69. The highest BCUT2D eigenvalue weighted by molar-refractivity contribution is 7.95. The molecule has 2 rings (SSSR count). The minimum Gasteiger partial charge on any atom is -0.376 e. The molecule has 1 aliphatic rings. The van der Waals surface area contributed by atoms with Gasteiger partial charge >= 0.3 is 0 Å². The summed E-state index contributed by atoms with van der Waals surface area (Å²) < 4.78 is 24.4. The summed E-state index contributed by atoms with van der Waals surface area (Å²) >= 11 is 5.82. The summed E-state index contributed by atoms with van der Waals surface area (Å²) in [5.74, 6) is 0.0531. The summed E-state index contributed by atoms with van der Waals surface area (Å²) in [6.07, 6.45) is 6.52. The monoisotopic (exact) mass is 298 g/mol. The van der Waals surface area contributed by atoms with Crippen molar-refractivity contribution in [2.75, 3.05) is 5.75 Å². The fourth-order valence-corrected chi connectivity index (χ4v) is 3.52. The zero-order valence-corrected chi connectivity index (χ0v) is 12.3. The molecule has 0 spiro atoms. The lowest BCUT2D eigenvalue weighted by atomic mass is 9.94. The van der Waals surface area contributed by atoms with Gasteiger partial charge in [0.15, 0.2) is 9.84 Å². The van der Waals surface area contributed by atoms with E-state index in [1.54, 1.807) is 44.3 Å². The molecule has 0 aliphatic carbocycles. The van der Waals surface area contributed by atoms with E-state index in [1.165, 1.54) is 6.20 Å². The number of aromatic nitrogens is 1. The SMILES string of the molecule is CCS(=O)(=O)C1=CC=CNC1(C)c1ccc(Cl)cn1. The van der Waals surface area contributed by atoms with Gasteiger partial charge in [-0.1, -0.05) is 18.5 Å². The van der Waals surface area contributed by atoms with Crippen LogP contribution < -0.4 is 5.32 Å². The number of nitrogens with one attached hydrogen (secondary N) is 1. The lowest BCUT2D eigenvalue weighted by molar-refractivity contribution is 0.486. The molecule has 0 aromatic carbocycles. The standard InChI is InChI=1S/C13H15ClN2O2S/c1-3-19(17,18)12-5-4-8-16-13(12,2)11-7-6-10(14)9-15-11/h4-9,16H,3H2,1-2H3. The molecule has 2 heterocycles. The van der Waals surface area contributed by atoms with E-state index in [2.05, 4.69) is 10.3 Å². The highest BCUT2D eigenvalue weighted by atomic mass is 35.5. The number of pyridine rings is 1. The third-order valence-corrected chi connectivity index (χ3v) is 5.36. The topological polar surface area (TPSA) is 59.1 Å². The van der Waals surface area contributed by atoms with Crippen molar-refractivity contribution in [1.29, 1.82) is 0 Å². The summed E-state index contributed by atoms with van der Waals surface area (Å²) in [5.41, 5.74) is -0.252. The molecule has 1 aromatic heterocycles. The molecule has 19 heavy (non-hydrogen) atoms. The quantitative estimate of drug-likeness (QED) is 0.931. The molecular formula is C13H15ClN2O2S. The number of dihydropyridines is 1. The Morgan fingerprint density at radius 3 is 2.74 bits per heavy atom. The zero-order chi connectivity index (χ0) is 14.1. The molecule has 1 aromatic rings. The van der Waals surface area contributed by atoms with Crippen molar-refractivity contribution in [3.8, 4) is 0 Å². The summed E-state index contributed by atoms with van der Waals surface area (Å²) in [4.78, 5) is 4.56. The number of nitrogens with zero attached hydrogens (tertiary/aromatic N) is 1. The molecule has 0 fully saturated rings. The summed E-state index contributed by atoms with van der Waals surface area (Å²) in [7, 11) is -3.31. The first-order chi connectivity index (χ1) is 8.90. The van der Waals surface area contributed by atoms with E-state index in [0.29, 0.717) is 15.6 Å². The molecule has 0 radical (unpaired) electrons. The van der Waals surface area contributed by atoms with Crippen molar-refractivity contribution in [3.63, 3.8) is 0 Å². The Balaban J connectivity index is 2.56. The molecule has 0 saturated heterocycles. The molecule has 102 valence electrons. The van der Waals surface area contributed by atoms with Crippen LogP contribution in [0.2, 0.25) is 5.02 Å². The predicted octanol–water partition coefficient (Wildman–Crippen LogP) is 2.39. The van der Waals surface area contributed by atoms with Gasteiger partial charge in [-0.05, 0) is 37.4 Å². The van der Waals surface area contributed by atoms with E-state index >= 15 is 0 Å². The fraction of sp³-hybridized carbons (Fsp3) is 0.308. The lowest BCUT2D eigenvalue weighted by Gasteiger charge is -2.33. The minimum absolute atomic E-state index is 0.0531. The van der Waals surface area contributed by atoms with Gasteiger partial charge < -0.3 is 5.32 Å². The largest absolute Gasteiger partial charge is 0.376 e. The average molecular weight is 299 g/mol. The van der Waals surface area contributed by atoms with Crippen LogP contribution >= 0.6 is 11.6 Å². The number of allylic oxidation sites excluding steroid dienone is 2. The Morgan fingerprint density at radius 2 is 2.16 bits per heavy atom. The first-order valence-corrected chi connectivity index (χ1v) is 7.93. The number of sulfone groups is 1. The van der Waals surface area contributed by atoms with Gasteiger partial charge in [0.05, 0.1) is 21.4 Å². The normalized spacial score (nSPS) is 22.8. The van der Waals surface area contributed by atoms with Gasteiger partial charge in [0.25, 0.3) is 0 Å². The Labute approximate surface area is 118 Å². The Morgan fingerprint density at radius 1 is 1.42 bits per heavy atom. The Bertz CT molecular complexity index is 635. The maximum atomic E-state index is 12.2. The van der Waals surface area contributed by atoms with Gasteiger partial charge in [0.2, 0.25) is 0 Å². The molecule has 0 bridgehead atoms. The van der Waals surface area contributed by atoms with Crippen LogP contribution in [-0.4, -0.2) is 19.2 Å². The van der Waals surface area contributed by atoms with Crippen molar-refractivity contribution in [2.24, 2.45) is 0 Å². The van der Waals surface area contributed by atoms with Crippen molar-refractivity contribution < 1.29 is 8.42 Å². The highest BCUT2D eigenvalue weighted by Gasteiger charge is 2.39. The third kappa shape index (κ3) is 2.53. The first kappa shape index (κ1) is 14.1. The molecule has 1 aliphatic heterocycles. The van der Waals surface area contributed by atoms with E-state index in [9.17, 15) is 8.42 Å². The number of halogens is 1. The van der Waals surface area contributed by atoms with Crippen LogP contribution in [0.1, 0.15) is 19.5 Å². The van der Waals surface area contributed by atoms with E-state index in [-0.39, 0.29) is 5.75 Å². The molecule has 6 heteroatoms. The molecule has 1 N–H and O–H groups in total. The van der Waals surface area contributed by atoms with Gasteiger partial charge in [0, 0.05) is 6.20 Å². The van der Waals surface area contributed by atoms with Gasteiger partial charge in [-0.25, -0.2) is 8.42 Å². The molecule has 0 saturated carbocycles. The van der Waals surface area contributed by atoms with Crippen LogP contribution in [0.5, 0.6) is 0 Å². The third-order valence-electron chi connectivity index (χ3n) is 3.16. The van der Waals surface area contributed by atoms with Crippen LogP contribution in [0.4, 0.5) is 0 Å². The fourth-order valence-electron chi connectivity index (χ4n) is 2.03. The summed E-state index contributed by atoms with van der Waals surface area (Å²) in [6, 6.07) is 3.43. The van der Waals surface area contributed by atoms with Crippen molar-refractivity contribution in [1.82, 2.24) is 10.3 Å². The predicted molar refractivity (Wildman–Crippen MR) is 76.4 cm³/mol. The maximum Gasteiger partial charge on any atom is 0.177 e. The average Bonchev–Trinajstić information content (AvgIpc) is 2.39. The van der Waals surface area contributed by atoms with E-state index < -0.39 is 15.4 Å². The van der Waals surface area contributed by atoms with E-state index in [0.717, 1.165) is 0 Å². The van der Waals surface area contributed by atoms with Crippen LogP contribution in [0.25, 0.3) is 0 Å². The van der Waals surface area contributed by atoms with Gasteiger partial charge in [0.1, 0.15) is 5.54 Å². The van der Waals surface area contributed by atoms with Gasteiger partial charge in [-0.15, -0.1) is 0 Å². The molecule has 0 amide bonds. The van der Waals surface area contributed by atoms with E-state index in [4.69, 9.17) is 11.6 Å². The van der Waals surface area contributed by atoms with Crippen LogP contribution in [0.3, 0.4) is 0 Å². The lowest BCUT2D eigenvalue weighted by Crippen LogP contribution is -2.43. The zero-order valence-electron chi connectivity index (χ0n) is 10.7. The van der Waals surface area contributed by atoms with Gasteiger partial charge in [-0.3, -0.25) is 4.98 Å². The summed E-state index contributed by atoms with van der Waals surface area (Å²) in [6.45, 7) is 3.43. The maximum absolute atomic E-state index is 12.2. The second kappa shape index (κ2) is 4.98. The molecule has 1 atom stereocenters. The Hall–Kier alpha value is -1.33. The van der Waals surface area contributed by atoms with Crippen molar-refractivity contribution in [2.45, 2.75) is 19.4 Å². The number of hydrogen-bond acceptors (Lipinski definition) is 4. The number of rotatable bonds is 3. The molecule has 1 unspecified atom stereocenters. The first-order valence-electron chi connectivity index (χ1n) is 5.90.